The van der Waals surface area contributed by atoms with Crippen molar-refractivity contribution in [3.05, 3.63) is 22.1 Å². The van der Waals surface area contributed by atoms with Gasteiger partial charge in [0.25, 0.3) is 0 Å². The summed E-state index contributed by atoms with van der Waals surface area (Å²) in [5.74, 6) is 1.96. The van der Waals surface area contributed by atoms with Crippen LogP contribution in [0.5, 0.6) is 17.2 Å². The number of amidine groups is 1. The Bertz CT molecular complexity index is 623. The highest BCUT2D eigenvalue weighted by Gasteiger charge is 2.37. The highest BCUT2D eigenvalue weighted by atomic mass is 32.2. The van der Waals surface area contributed by atoms with E-state index in [0.717, 1.165) is 28.1 Å². The molecule has 1 aliphatic carbocycles. The molecule has 19 heavy (non-hydrogen) atoms. The van der Waals surface area contributed by atoms with Crippen molar-refractivity contribution in [3.8, 4) is 17.2 Å². The normalized spacial score (nSPS) is 16.1. The van der Waals surface area contributed by atoms with Crippen LogP contribution in [0.2, 0.25) is 0 Å². The van der Waals surface area contributed by atoms with Gasteiger partial charge >= 0.3 is 5.17 Å². The van der Waals surface area contributed by atoms with Crippen molar-refractivity contribution in [2.24, 2.45) is 5.73 Å². The second-order valence-corrected chi connectivity index (χ2v) is 5.29. The van der Waals surface area contributed by atoms with E-state index in [9.17, 15) is 0 Å². The van der Waals surface area contributed by atoms with Crippen molar-refractivity contribution in [1.29, 1.82) is 0 Å². The Morgan fingerprint density at radius 2 is 1.89 bits per heavy atom. The minimum Gasteiger partial charge on any atom is -0.493 e. The lowest BCUT2D eigenvalue weighted by atomic mass is 10.1. The molecular formula is C13H14N2O3S+. The van der Waals surface area contributed by atoms with Crippen molar-refractivity contribution in [2.45, 2.75) is 6.42 Å². The van der Waals surface area contributed by atoms with Gasteiger partial charge in [-0.3, -0.25) is 5.73 Å². The van der Waals surface area contributed by atoms with Gasteiger partial charge in [-0.15, -0.1) is 0 Å². The molecule has 99 valence electrons. The van der Waals surface area contributed by atoms with Crippen LogP contribution < -0.4 is 24.9 Å². The smallest absolute Gasteiger partial charge is 0.355 e. The molecule has 2 N–H and O–H groups in total. The quantitative estimate of drug-likeness (QED) is 0.903. The average Bonchev–Trinajstić information content (AvgIpc) is 2.92. The number of allylic oxidation sites excluding steroid dienone is 1. The van der Waals surface area contributed by atoms with Gasteiger partial charge in [0.15, 0.2) is 17.2 Å². The predicted molar refractivity (Wildman–Crippen MR) is 75.6 cm³/mol. The van der Waals surface area contributed by atoms with Crippen LogP contribution >= 0.6 is 11.8 Å². The van der Waals surface area contributed by atoms with E-state index in [0.29, 0.717) is 22.4 Å². The van der Waals surface area contributed by atoms with Gasteiger partial charge in [-0.1, -0.05) is 0 Å². The molecule has 5 nitrogen and oxygen atoms in total. The van der Waals surface area contributed by atoms with E-state index < -0.39 is 0 Å². The lowest BCUT2D eigenvalue weighted by Gasteiger charge is -2.15. The fraction of sp³-hybridized carbons (Fsp3) is 0.308. The summed E-state index contributed by atoms with van der Waals surface area (Å²) < 4.78 is 16.2. The first kappa shape index (κ1) is 12.2. The molecule has 1 radical (unpaired) electrons. The summed E-state index contributed by atoms with van der Waals surface area (Å²) in [5, 5.41) is 0.587. The molecule has 6 heteroatoms. The number of methoxy groups -OCH3 is 3. The Kier molecular flexibility index (Phi) is 2.82. The van der Waals surface area contributed by atoms with Crippen LogP contribution in [0.3, 0.4) is 0 Å². The zero-order valence-electron chi connectivity index (χ0n) is 10.9. The van der Waals surface area contributed by atoms with Gasteiger partial charge in [-0.05, 0) is 11.1 Å². The van der Waals surface area contributed by atoms with E-state index in [1.807, 2.05) is 6.07 Å². The molecule has 0 atom stereocenters. The van der Waals surface area contributed by atoms with Gasteiger partial charge in [-0.2, -0.15) is 0 Å². The fourth-order valence-corrected chi connectivity index (χ4v) is 3.32. The first-order chi connectivity index (χ1) is 9.19. The highest BCUT2D eigenvalue weighted by molar-refractivity contribution is 8.17. The number of fused-ring (bicyclic) bond motifs is 2. The first-order valence-electron chi connectivity index (χ1n) is 5.77. The highest BCUT2D eigenvalue weighted by Crippen LogP contribution is 2.50. The Balaban J connectivity index is 2.21. The molecule has 1 aliphatic heterocycles. The minimum absolute atomic E-state index is 0.587. The maximum absolute atomic E-state index is 5.76. The second kappa shape index (κ2) is 4.38. The van der Waals surface area contributed by atoms with Crippen molar-refractivity contribution in [2.75, 3.05) is 21.3 Å². The predicted octanol–water partition coefficient (Wildman–Crippen LogP) is 1.33. The number of hydrogen-bond donors (Lipinski definition) is 1. The molecule has 0 fully saturated rings. The molecule has 1 aromatic rings. The molecule has 3 rings (SSSR count). The Labute approximate surface area is 115 Å². The van der Waals surface area contributed by atoms with Crippen molar-refractivity contribution in [3.63, 3.8) is 0 Å². The molecule has 0 aromatic heterocycles. The standard InChI is InChI=1S/C13H14N2O3S/c1-16-8-4-6-7(11(17-2)12(8)18-3)5-9-10(6)15-13(14)19-9/h4H,5,14H2,1-3H3/q+1. The summed E-state index contributed by atoms with van der Waals surface area (Å²) in [7, 11) is 4.84. The molecular weight excluding hydrogens is 264 g/mol. The number of ether oxygens (including phenoxy) is 3. The summed E-state index contributed by atoms with van der Waals surface area (Å²) in [6.45, 7) is 0. The van der Waals surface area contributed by atoms with E-state index in [2.05, 4.69) is 4.99 Å². The van der Waals surface area contributed by atoms with E-state index in [1.165, 1.54) is 11.8 Å². The molecule has 1 aromatic carbocycles. The molecule has 0 amide bonds. The zero-order valence-corrected chi connectivity index (χ0v) is 11.8. The summed E-state index contributed by atoms with van der Waals surface area (Å²) in [5.41, 5.74) is 8.78. The van der Waals surface area contributed by atoms with Gasteiger partial charge < -0.3 is 14.2 Å². The number of rotatable bonds is 3. The van der Waals surface area contributed by atoms with Crippen molar-refractivity contribution >= 4 is 22.6 Å². The zero-order chi connectivity index (χ0) is 13.6. The third-order valence-electron chi connectivity index (χ3n) is 3.24. The summed E-state index contributed by atoms with van der Waals surface area (Å²) >= 11 is 1.51. The largest absolute Gasteiger partial charge is 0.493 e. The van der Waals surface area contributed by atoms with E-state index >= 15 is 0 Å². The number of nitrogens with zero attached hydrogens (tertiary/aromatic N) is 1. The first-order valence-corrected chi connectivity index (χ1v) is 6.58. The number of hydrogen-bond acceptors (Lipinski definition) is 6. The van der Waals surface area contributed by atoms with Crippen molar-refractivity contribution < 1.29 is 14.2 Å². The van der Waals surface area contributed by atoms with Crippen LogP contribution in [0.15, 0.2) is 11.0 Å². The molecule has 0 unspecified atom stereocenters. The van der Waals surface area contributed by atoms with Gasteiger partial charge in [0.1, 0.15) is 0 Å². The SMILES string of the molecule is COc1cc2c(c(OC)c1OC)CC1=C2[N+]=C(N)S1. The molecule has 0 saturated carbocycles. The summed E-state index contributed by atoms with van der Waals surface area (Å²) in [6.07, 6.45) is 0.767. The Hall–Kier alpha value is -1.82. The van der Waals surface area contributed by atoms with Gasteiger partial charge in [0.05, 0.1) is 26.2 Å². The number of thioether (sulfide) groups is 1. The second-order valence-electron chi connectivity index (χ2n) is 4.17. The third-order valence-corrected chi connectivity index (χ3v) is 4.12. The lowest BCUT2D eigenvalue weighted by Crippen LogP contribution is -2.10. The third kappa shape index (κ3) is 1.67. The van der Waals surface area contributed by atoms with E-state index in [1.54, 1.807) is 21.3 Å². The fourth-order valence-electron chi connectivity index (χ4n) is 2.46. The number of nitrogens with two attached hydrogens (primary N) is 1. The van der Waals surface area contributed by atoms with Crippen LogP contribution in [0, 0.1) is 0 Å². The Morgan fingerprint density at radius 1 is 1.16 bits per heavy atom. The molecule has 2 aliphatic rings. The van der Waals surface area contributed by atoms with Gasteiger partial charge in [-0.25, -0.2) is 0 Å². The van der Waals surface area contributed by atoms with Gasteiger partial charge in [0, 0.05) is 29.3 Å². The van der Waals surface area contributed by atoms with Crippen LogP contribution in [-0.2, 0) is 6.42 Å². The summed E-state index contributed by atoms with van der Waals surface area (Å²) in [4.78, 5) is 5.54. The monoisotopic (exact) mass is 278 g/mol. The van der Waals surface area contributed by atoms with Crippen LogP contribution in [0.4, 0.5) is 0 Å². The van der Waals surface area contributed by atoms with Crippen molar-refractivity contribution in [1.82, 2.24) is 4.99 Å². The molecule has 0 saturated heterocycles. The molecule has 0 spiro atoms. The average molecular weight is 278 g/mol. The maximum atomic E-state index is 5.76. The molecule has 0 bridgehead atoms. The summed E-state index contributed by atoms with van der Waals surface area (Å²) in [6, 6.07) is 1.93. The Morgan fingerprint density at radius 3 is 2.53 bits per heavy atom. The maximum Gasteiger partial charge on any atom is 0.355 e. The van der Waals surface area contributed by atoms with E-state index in [-0.39, 0.29) is 0 Å². The minimum atomic E-state index is 0.587. The van der Waals surface area contributed by atoms with Crippen LogP contribution in [0.1, 0.15) is 11.1 Å². The number of benzene rings is 1. The van der Waals surface area contributed by atoms with E-state index in [4.69, 9.17) is 19.9 Å². The van der Waals surface area contributed by atoms with Gasteiger partial charge in [0.2, 0.25) is 5.75 Å². The van der Waals surface area contributed by atoms with Crippen LogP contribution in [0.25, 0.3) is 5.70 Å². The number of aliphatic imine (C=N–C) groups is 1. The molecule has 1 heterocycles. The topological polar surface area (TPSA) is 67.8 Å². The lowest BCUT2D eigenvalue weighted by molar-refractivity contribution is 0.322. The van der Waals surface area contributed by atoms with Crippen LogP contribution in [-0.4, -0.2) is 26.5 Å².